The molecule has 0 radical (unpaired) electrons. The van der Waals surface area contributed by atoms with Gasteiger partial charge in [-0.25, -0.2) is 4.68 Å². The van der Waals surface area contributed by atoms with Gasteiger partial charge in [-0.1, -0.05) is 23.2 Å². The molecule has 0 fully saturated rings. The van der Waals surface area contributed by atoms with Crippen molar-refractivity contribution >= 4 is 29.2 Å². The minimum Gasteiger partial charge on any atom is -0.481 e. The lowest BCUT2D eigenvalue weighted by atomic mass is 10.2. The van der Waals surface area contributed by atoms with Gasteiger partial charge in [0.1, 0.15) is 0 Å². The van der Waals surface area contributed by atoms with Crippen molar-refractivity contribution in [2.75, 3.05) is 0 Å². The molecule has 0 aliphatic rings. The van der Waals surface area contributed by atoms with Crippen molar-refractivity contribution in [1.29, 1.82) is 0 Å². The monoisotopic (exact) mass is 300 g/mol. The number of hydrogen-bond donors (Lipinski definition) is 1. The third-order valence-corrected chi connectivity index (χ3v) is 3.01. The Labute approximate surface area is 118 Å². The van der Waals surface area contributed by atoms with Crippen LogP contribution in [0.3, 0.4) is 0 Å². The number of rotatable bonds is 5. The highest BCUT2D eigenvalue weighted by atomic mass is 35.5. The molecule has 0 amide bonds. The number of hydrogen-bond acceptors (Lipinski definition) is 4. The van der Waals surface area contributed by atoms with Gasteiger partial charge in [-0.3, -0.25) is 4.79 Å². The smallest absolute Gasteiger partial charge is 0.303 e. The molecule has 2 rings (SSSR count). The van der Waals surface area contributed by atoms with Gasteiger partial charge in [0, 0.05) is 23.6 Å². The lowest BCUT2D eigenvalue weighted by molar-refractivity contribution is -0.137. The van der Waals surface area contributed by atoms with Crippen LogP contribution in [-0.4, -0.2) is 31.3 Å². The molecule has 0 unspecified atom stereocenters. The van der Waals surface area contributed by atoms with E-state index in [1.165, 1.54) is 4.68 Å². The summed E-state index contributed by atoms with van der Waals surface area (Å²) in [6, 6.07) is 5.03. The molecular weight excluding hydrogens is 291 g/mol. The zero-order valence-corrected chi connectivity index (χ0v) is 11.3. The zero-order chi connectivity index (χ0) is 13.8. The number of carboxylic acid groups (broad SMARTS) is 1. The van der Waals surface area contributed by atoms with Crippen molar-refractivity contribution in [2.24, 2.45) is 0 Å². The fourth-order valence-corrected chi connectivity index (χ4v) is 2.09. The average Bonchev–Trinajstić information content (AvgIpc) is 2.77. The highest BCUT2D eigenvalue weighted by Gasteiger charge is 2.12. The van der Waals surface area contributed by atoms with Crippen LogP contribution in [0.2, 0.25) is 10.0 Å². The summed E-state index contributed by atoms with van der Waals surface area (Å²) in [5, 5.41) is 20.9. The predicted octanol–water partition coefficient (Wildman–Crippen LogP) is 2.51. The minimum atomic E-state index is -0.848. The third kappa shape index (κ3) is 3.42. The van der Waals surface area contributed by atoms with Crippen molar-refractivity contribution < 1.29 is 9.90 Å². The summed E-state index contributed by atoms with van der Waals surface area (Å²) in [6.07, 6.45) is 0.506. The molecule has 19 heavy (non-hydrogen) atoms. The summed E-state index contributed by atoms with van der Waals surface area (Å²) >= 11 is 11.9. The number of aryl methyl sites for hydroxylation is 1. The fourth-order valence-electron chi connectivity index (χ4n) is 1.60. The molecule has 0 spiro atoms. The quantitative estimate of drug-likeness (QED) is 0.917. The van der Waals surface area contributed by atoms with E-state index in [2.05, 4.69) is 15.5 Å². The van der Waals surface area contributed by atoms with E-state index in [9.17, 15) is 4.79 Å². The lowest BCUT2D eigenvalue weighted by Gasteiger charge is -2.05. The van der Waals surface area contributed by atoms with Crippen LogP contribution in [0.5, 0.6) is 0 Å². The second kappa shape index (κ2) is 5.99. The summed E-state index contributed by atoms with van der Waals surface area (Å²) in [5.74, 6) is -0.355. The Kier molecular flexibility index (Phi) is 4.34. The molecule has 0 atom stereocenters. The number of nitrogens with zero attached hydrogens (tertiary/aromatic N) is 4. The zero-order valence-electron chi connectivity index (χ0n) is 9.75. The van der Waals surface area contributed by atoms with Crippen LogP contribution in [0.25, 0.3) is 11.4 Å². The van der Waals surface area contributed by atoms with E-state index in [-0.39, 0.29) is 6.42 Å². The van der Waals surface area contributed by atoms with Crippen LogP contribution < -0.4 is 0 Å². The van der Waals surface area contributed by atoms with E-state index in [0.717, 1.165) is 0 Å². The van der Waals surface area contributed by atoms with Crippen LogP contribution in [-0.2, 0) is 11.3 Å². The van der Waals surface area contributed by atoms with Crippen LogP contribution in [0.1, 0.15) is 12.8 Å². The number of aliphatic carboxylic acids is 1. The first-order valence-corrected chi connectivity index (χ1v) is 6.27. The van der Waals surface area contributed by atoms with Crippen molar-refractivity contribution in [3.8, 4) is 11.4 Å². The highest BCUT2D eigenvalue weighted by Crippen LogP contribution is 2.28. The molecule has 1 heterocycles. The Morgan fingerprint density at radius 1 is 1.37 bits per heavy atom. The normalized spacial score (nSPS) is 10.6. The maximum atomic E-state index is 10.5. The summed E-state index contributed by atoms with van der Waals surface area (Å²) < 4.78 is 1.53. The standard InChI is InChI=1S/C11H10Cl2N4O2/c12-7-3-4-8(9(13)6-7)11-14-15-16-17(11)5-1-2-10(18)19/h3-4,6H,1-2,5H2,(H,18,19). The lowest BCUT2D eigenvalue weighted by Crippen LogP contribution is -2.05. The molecule has 1 N–H and O–H groups in total. The van der Waals surface area contributed by atoms with Crippen LogP contribution in [0.4, 0.5) is 0 Å². The first kappa shape index (κ1) is 13.8. The van der Waals surface area contributed by atoms with Gasteiger partial charge in [-0.2, -0.15) is 0 Å². The molecule has 0 saturated carbocycles. The molecule has 2 aromatic rings. The van der Waals surface area contributed by atoms with E-state index in [0.29, 0.717) is 34.4 Å². The molecule has 0 aliphatic carbocycles. The summed E-state index contributed by atoms with van der Waals surface area (Å²) in [4.78, 5) is 10.5. The summed E-state index contributed by atoms with van der Waals surface area (Å²) in [6.45, 7) is 0.410. The maximum absolute atomic E-state index is 10.5. The third-order valence-electron chi connectivity index (χ3n) is 2.46. The van der Waals surface area contributed by atoms with E-state index >= 15 is 0 Å². The van der Waals surface area contributed by atoms with Crippen LogP contribution in [0, 0.1) is 0 Å². The van der Waals surface area contributed by atoms with Crippen LogP contribution in [0.15, 0.2) is 18.2 Å². The molecule has 1 aromatic heterocycles. The molecule has 0 aliphatic heterocycles. The Morgan fingerprint density at radius 2 is 2.16 bits per heavy atom. The van der Waals surface area contributed by atoms with Gasteiger partial charge in [0.2, 0.25) is 0 Å². The molecule has 100 valence electrons. The minimum absolute atomic E-state index is 0.0631. The number of halogens is 2. The second-order valence-electron chi connectivity index (χ2n) is 3.85. The first-order chi connectivity index (χ1) is 9.08. The van der Waals surface area contributed by atoms with E-state index in [4.69, 9.17) is 28.3 Å². The number of carbonyl (C=O) groups is 1. The topological polar surface area (TPSA) is 80.9 Å². The van der Waals surface area contributed by atoms with Gasteiger partial charge in [-0.15, -0.1) is 5.10 Å². The predicted molar refractivity (Wildman–Crippen MR) is 70.1 cm³/mol. The molecule has 8 heteroatoms. The van der Waals surface area contributed by atoms with Gasteiger partial charge in [0.25, 0.3) is 0 Å². The number of aromatic nitrogens is 4. The molecule has 1 aromatic carbocycles. The largest absolute Gasteiger partial charge is 0.481 e. The van der Waals surface area contributed by atoms with Gasteiger partial charge < -0.3 is 5.11 Å². The molecule has 6 nitrogen and oxygen atoms in total. The number of benzene rings is 1. The Bertz CT molecular complexity index is 600. The Morgan fingerprint density at radius 3 is 2.84 bits per heavy atom. The fraction of sp³-hybridized carbons (Fsp3) is 0.273. The molecule has 0 bridgehead atoms. The summed E-state index contributed by atoms with van der Waals surface area (Å²) in [5.41, 5.74) is 0.659. The van der Waals surface area contributed by atoms with E-state index in [1.54, 1.807) is 18.2 Å². The van der Waals surface area contributed by atoms with Crippen molar-refractivity contribution in [3.63, 3.8) is 0 Å². The molecule has 0 saturated heterocycles. The maximum Gasteiger partial charge on any atom is 0.303 e. The van der Waals surface area contributed by atoms with E-state index < -0.39 is 5.97 Å². The first-order valence-electron chi connectivity index (χ1n) is 5.51. The molecular formula is C11H10Cl2N4O2. The van der Waals surface area contributed by atoms with Crippen molar-refractivity contribution in [2.45, 2.75) is 19.4 Å². The van der Waals surface area contributed by atoms with Crippen molar-refractivity contribution in [3.05, 3.63) is 28.2 Å². The van der Waals surface area contributed by atoms with Gasteiger partial charge in [0.15, 0.2) is 5.82 Å². The number of tetrazole rings is 1. The number of carboxylic acids is 1. The van der Waals surface area contributed by atoms with Gasteiger partial charge >= 0.3 is 5.97 Å². The van der Waals surface area contributed by atoms with Gasteiger partial charge in [0.05, 0.1) is 5.02 Å². The average molecular weight is 301 g/mol. The summed E-state index contributed by atoms with van der Waals surface area (Å²) in [7, 11) is 0. The second-order valence-corrected chi connectivity index (χ2v) is 4.69. The van der Waals surface area contributed by atoms with Crippen LogP contribution >= 0.6 is 23.2 Å². The highest BCUT2D eigenvalue weighted by molar-refractivity contribution is 6.36. The van der Waals surface area contributed by atoms with E-state index in [1.807, 2.05) is 0 Å². The van der Waals surface area contributed by atoms with Gasteiger partial charge in [-0.05, 0) is 35.0 Å². The Hall–Kier alpha value is -1.66. The SMILES string of the molecule is O=C(O)CCCn1nnnc1-c1ccc(Cl)cc1Cl. The van der Waals surface area contributed by atoms with Crippen molar-refractivity contribution in [1.82, 2.24) is 20.2 Å². The Balaban J connectivity index is 2.21.